The first-order valence-electron chi connectivity index (χ1n) is 5.52. The number of anilines is 2. The van der Waals surface area contributed by atoms with E-state index in [-0.39, 0.29) is 28.0 Å². The molecule has 0 aliphatic heterocycles. The van der Waals surface area contributed by atoms with Crippen LogP contribution in [0.15, 0.2) is 40.0 Å². The van der Waals surface area contributed by atoms with E-state index in [1.54, 1.807) is 0 Å². The van der Waals surface area contributed by atoms with E-state index in [0.717, 1.165) is 10.6 Å². The minimum Gasteiger partial charge on any atom is -0.397 e. The van der Waals surface area contributed by atoms with E-state index >= 15 is 0 Å². The lowest BCUT2D eigenvalue weighted by molar-refractivity contribution is -0.116. The Morgan fingerprint density at radius 3 is 2.95 bits per heavy atom. The molecule has 1 aromatic carbocycles. The van der Waals surface area contributed by atoms with Gasteiger partial charge >= 0.3 is 0 Å². The number of benzene rings is 1. The van der Waals surface area contributed by atoms with Gasteiger partial charge in [-0.1, -0.05) is 0 Å². The number of amides is 1. The van der Waals surface area contributed by atoms with Gasteiger partial charge in [0.25, 0.3) is 5.56 Å². The summed E-state index contributed by atoms with van der Waals surface area (Å²) in [5, 5.41) is 2.50. The van der Waals surface area contributed by atoms with Crippen molar-refractivity contribution in [3.8, 4) is 0 Å². The maximum Gasteiger partial charge on any atom is 0.268 e. The zero-order valence-electron chi connectivity index (χ0n) is 10.1. The van der Waals surface area contributed by atoms with Gasteiger partial charge in [0.05, 0.1) is 17.7 Å². The molecule has 0 bridgehead atoms. The minimum absolute atomic E-state index is 0.109. The second kappa shape index (κ2) is 5.83. The Labute approximate surface area is 121 Å². The monoisotopic (exact) mass is 340 g/mol. The third-order valence-corrected chi connectivity index (χ3v) is 3.00. The zero-order chi connectivity index (χ0) is 14.7. The second-order valence-electron chi connectivity index (χ2n) is 3.95. The molecule has 0 aliphatic carbocycles. The van der Waals surface area contributed by atoms with E-state index < -0.39 is 11.7 Å². The fraction of sp³-hybridized carbons (Fsp3) is 0.0833. The molecule has 104 valence electrons. The Balaban J connectivity index is 2.13. The highest BCUT2D eigenvalue weighted by molar-refractivity contribution is 9.10. The van der Waals surface area contributed by atoms with Crippen LogP contribution in [0, 0.1) is 5.82 Å². The van der Waals surface area contributed by atoms with Crippen LogP contribution in [-0.4, -0.2) is 15.5 Å². The smallest absolute Gasteiger partial charge is 0.268 e. The topological polar surface area (TPSA) is 90.0 Å². The van der Waals surface area contributed by atoms with Crippen LogP contribution in [0.5, 0.6) is 0 Å². The van der Waals surface area contributed by atoms with Crippen molar-refractivity contribution in [1.29, 1.82) is 0 Å². The van der Waals surface area contributed by atoms with E-state index in [9.17, 15) is 14.0 Å². The Kier molecular flexibility index (Phi) is 4.14. The van der Waals surface area contributed by atoms with E-state index in [1.807, 2.05) is 0 Å². The SMILES string of the molecule is Nc1cc(F)ccc1NC(=O)Cn1cncc(Br)c1=O. The van der Waals surface area contributed by atoms with Crippen molar-refractivity contribution in [3.05, 3.63) is 51.4 Å². The maximum atomic E-state index is 12.9. The van der Waals surface area contributed by atoms with Gasteiger partial charge in [0, 0.05) is 6.20 Å². The molecule has 2 rings (SSSR count). The Bertz CT molecular complexity index is 717. The highest BCUT2D eigenvalue weighted by Crippen LogP contribution is 2.18. The number of hydrogen-bond acceptors (Lipinski definition) is 4. The first-order valence-corrected chi connectivity index (χ1v) is 6.31. The number of rotatable bonds is 3. The Morgan fingerprint density at radius 1 is 1.50 bits per heavy atom. The molecule has 8 heteroatoms. The van der Waals surface area contributed by atoms with Crippen LogP contribution in [-0.2, 0) is 11.3 Å². The minimum atomic E-state index is -0.493. The summed E-state index contributed by atoms with van der Waals surface area (Å²) < 4.78 is 14.3. The number of nitrogens with zero attached hydrogens (tertiary/aromatic N) is 2. The number of nitrogen functional groups attached to an aromatic ring is 1. The summed E-state index contributed by atoms with van der Waals surface area (Å²) in [6.07, 6.45) is 2.59. The fourth-order valence-corrected chi connectivity index (χ4v) is 1.87. The van der Waals surface area contributed by atoms with Crippen molar-refractivity contribution < 1.29 is 9.18 Å². The highest BCUT2D eigenvalue weighted by atomic mass is 79.9. The van der Waals surface area contributed by atoms with Crippen LogP contribution in [0.2, 0.25) is 0 Å². The molecule has 0 fully saturated rings. The molecule has 0 saturated carbocycles. The second-order valence-corrected chi connectivity index (χ2v) is 4.81. The van der Waals surface area contributed by atoms with Crippen molar-refractivity contribution in [3.63, 3.8) is 0 Å². The van der Waals surface area contributed by atoms with Crippen LogP contribution >= 0.6 is 15.9 Å². The third kappa shape index (κ3) is 3.21. The number of halogens is 2. The Hall–Kier alpha value is -2.22. The molecule has 1 aromatic heterocycles. The molecular weight excluding hydrogens is 331 g/mol. The number of nitrogens with one attached hydrogen (secondary N) is 1. The molecule has 0 atom stereocenters. The molecule has 1 heterocycles. The lowest BCUT2D eigenvalue weighted by Crippen LogP contribution is -2.28. The summed E-state index contributed by atoms with van der Waals surface area (Å²) in [5.41, 5.74) is 5.59. The van der Waals surface area contributed by atoms with Crippen LogP contribution in [0.25, 0.3) is 0 Å². The normalized spacial score (nSPS) is 10.3. The van der Waals surface area contributed by atoms with Crippen LogP contribution in [0.3, 0.4) is 0 Å². The van der Waals surface area contributed by atoms with Gasteiger partial charge in [0.1, 0.15) is 16.8 Å². The predicted octanol–water partition coefficient (Wildman–Crippen LogP) is 1.37. The molecule has 1 amide bonds. The molecule has 0 radical (unpaired) electrons. The zero-order valence-corrected chi connectivity index (χ0v) is 11.7. The van der Waals surface area contributed by atoms with Gasteiger partial charge in [-0.2, -0.15) is 0 Å². The van der Waals surface area contributed by atoms with Crippen molar-refractivity contribution >= 4 is 33.2 Å². The van der Waals surface area contributed by atoms with E-state index in [1.165, 1.54) is 24.7 Å². The van der Waals surface area contributed by atoms with Gasteiger partial charge in [-0.15, -0.1) is 0 Å². The number of hydrogen-bond donors (Lipinski definition) is 2. The molecule has 0 spiro atoms. The molecule has 6 nitrogen and oxygen atoms in total. The van der Waals surface area contributed by atoms with Crippen LogP contribution < -0.4 is 16.6 Å². The molecule has 0 unspecified atom stereocenters. The van der Waals surface area contributed by atoms with E-state index in [2.05, 4.69) is 26.2 Å². The predicted molar refractivity (Wildman–Crippen MR) is 75.6 cm³/mol. The van der Waals surface area contributed by atoms with Gasteiger partial charge in [-0.3, -0.25) is 14.2 Å². The Morgan fingerprint density at radius 2 is 2.25 bits per heavy atom. The van der Waals surface area contributed by atoms with Gasteiger partial charge in [-0.05, 0) is 34.1 Å². The molecule has 20 heavy (non-hydrogen) atoms. The van der Waals surface area contributed by atoms with Gasteiger partial charge in [0.15, 0.2) is 0 Å². The molecule has 3 N–H and O–H groups in total. The largest absolute Gasteiger partial charge is 0.397 e. The van der Waals surface area contributed by atoms with Crippen molar-refractivity contribution in [2.45, 2.75) is 6.54 Å². The number of aromatic nitrogens is 2. The highest BCUT2D eigenvalue weighted by Gasteiger charge is 2.09. The fourth-order valence-electron chi connectivity index (χ4n) is 1.53. The van der Waals surface area contributed by atoms with Crippen molar-refractivity contribution in [2.24, 2.45) is 0 Å². The van der Waals surface area contributed by atoms with Gasteiger partial charge in [0.2, 0.25) is 5.91 Å². The van der Waals surface area contributed by atoms with E-state index in [0.29, 0.717) is 0 Å². The summed E-state index contributed by atoms with van der Waals surface area (Å²) in [4.78, 5) is 27.3. The number of carbonyl (C=O) groups is 1. The number of nitrogens with two attached hydrogens (primary N) is 1. The average Bonchev–Trinajstić information content (AvgIpc) is 2.38. The summed E-state index contributed by atoms with van der Waals surface area (Å²) in [5.74, 6) is -0.960. The van der Waals surface area contributed by atoms with E-state index in [4.69, 9.17) is 5.73 Å². The summed E-state index contributed by atoms with van der Waals surface area (Å²) in [6, 6.07) is 3.63. The summed E-state index contributed by atoms with van der Waals surface area (Å²) in [6.45, 7) is -0.220. The average molecular weight is 341 g/mol. The van der Waals surface area contributed by atoms with Crippen molar-refractivity contribution in [1.82, 2.24) is 9.55 Å². The quantitative estimate of drug-likeness (QED) is 0.825. The van der Waals surface area contributed by atoms with Gasteiger partial charge in [-0.25, -0.2) is 9.37 Å². The summed E-state index contributed by atoms with van der Waals surface area (Å²) >= 11 is 3.03. The van der Waals surface area contributed by atoms with Crippen molar-refractivity contribution in [2.75, 3.05) is 11.1 Å². The van der Waals surface area contributed by atoms with Crippen LogP contribution in [0.1, 0.15) is 0 Å². The summed E-state index contributed by atoms with van der Waals surface area (Å²) in [7, 11) is 0. The molecule has 0 aliphatic rings. The lowest BCUT2D eigenvalue weighted by atomic mass is 10.2. The molecular formula is C12H10BrFN4O2. The number of carbonyl (C=O) groups excluding carboxylic acids is 1. The standard InChI is InChI=1S/C12H10BrFN4O2/c13-8-4-16-6-18(12(8)20)5-11(19)17-10-2-1-7(14)3-9(10)15/h1-4,6H,5,15H2,(H,17,19). The first kappa shape index (κ1) is 14.2. The first-order chi connectivity index (χ1) is 9.47. The lowest BCUT2D eigenvalue weighted by Gasteiger charge is -2.09. The van der Waals surface area contributed by atoms with Crippen LogP contribution in [0.4, 0.5) is 15.8 Å². The molecule has 0 saturated heterocycles. The van der Waals surface area contributed by atoms with Gasteiger partial charge < -0.3 is 11.1 Å². The molecule has 2 aromatic rings. The third-order valence-electron chi connectivity index (χ3n) is 2.46. The maximum absolute atomic E-state index is 12.9.